The average Bonchev–Trinajstić information content (AvgIpc) is 2.30. The first-order valence-corrected chi connectivity index (χ1v) is 5.46. The molecule has 88 valence electrons. The zero-order valence-electron chi connectivity index (χ0n) is 8.37. The van der Waals surface area contributed by atoms with Crippen molar-refractivity contribution in [2.75, 3.05) is 7.11 Å². The number of methoxy groups -OCH3 is 1. The van der Waals surface area contributed by atoms with Gasteiger partial charge in [-0.2, -0.15) is 0 Å². The summed E-state index contributed by atoms with van der Waals surface area (Å²) in [6, 6.07) is 0. The normalized spacial score (nSPS) is 18.5. The Morgan fingerprint density at radius 1 is 1.29 bits per heavy atom. The number of carbonyl (C=O) groups excluding carboxylic acids is 1. The molecule has 2 heterocycles. The van der Waals surface area contributed by atoms with Gasteiger partial charge >= 0.3 is 0 Å². The highest BCUT2D eigenvalue weighted by molar-refractivity contribution is 6.49. The van der Waals surface area contributed by atoms with E-state index in [2.05, 4.69) is 15.0 Å². The van der Waals surface area contributed by atoms with Crippen molar-refractivity contribution in [3.8, 4) is 0 Å². The molecule has 17 heavy (non-hydrogen) atoms. The van der Waals surface area contributed by atoms with Crippen LogP contribution >= 0.6 is 34.8 Å². The first kappa shape index (κ1) is 12.5. The van der Waals surface area contributed by atoms with E-state index in [0.29, 0.717) is 0 Å². The number of hydrogen-bond donors (Lipinski definition) is 0. The van der Waals surface area contributed by atoms with E-state index >= 15 is 0 Å². The minimum atomic E-state index is -0.866. The van der Waals surface area contributed by atoms with Crippen LogP contribution in [0.1, 0.15) is 0 Å². The number of hydrogen-bond acceptors (Lipinski definition) is 5. The molecule has 0 spiro atoms. The summed E-state index contributed by atoms with van der Waals surface area (Å²) < 4.78 is 4.99. The van der Waals surface area contributed by atoms with Crippen molar-refractivity contribution in [1.82, 2.24) is 9.97 Å². The lowest BCUT2D eigenvalue weighted by Crippen LogP contribution is -2.39. The summed E-state index contributed by atoms with van der Waals surface area (Å²) in [6.07, 6.45) is -0.866. The van der Waals surface area contributed by atoms with Crippen LogP contribution in [0, 0.1) is 0 Å². The van der Waals surface area contributed by atoms with Gasteiger partial charge in [-0.1, -0.05) is 23.2 Å². The molecule has 0 amide bonds. The smallest absolute Gasteiger partial charge is 0.224 e. The molecule has 0 bridgehead atoms. The Morgan fingerprint density at radius 2 is 2.00 bits per heavy atom. The summed E-state index contributed by atoms with van der Waals surface area (Å²) >= 11 is 17.5. The van der Waals surface area contributed by atoms with Gasteiger partial charge in [0.15, 0.2) is 11.4 Å². The van der Waals surface area contributed by atoms with E-state index in [1.54, 1.807) is 5.94 Å². The summed E-state index contributed by atoms with van der Waals surface area (Å²) in [5, 5.41) is 0.464. The molecule has 0 fully saturated rings. The molecule has 1 aliphatic rings. The molecule has 0 saturated carbocycles. The minimum Gasteiger partial charge on any atom is -0.355 e. The van der Waals surface area contributed by atoms with Gasteiger partial charge in [0.1, 0.15) is 22.2 Å². The van der Waals surface area contributed by atoms with E-state index in [0.717, 1.165) is 0 Å². The average molecular weight is 293 g/mol. The predicted molar refractivity (Wildman–Crippen MR) is 62.1 cm³/mol. The van der Waals surface area contributed by atoms with E-state index in [4.69, 9.17) is 39.5 Å². The second kappa shape index (κ2) is 4.72. The third-order valence-electron chi connectivity index (χ3n) is 2.09. The summed E-state index contributed by atoms with van der Waals surface area (Å²) in [5.41, 5.74) is 0.0486. The molecular weight excluding hydrogens is 288 g/mol. The molecular formula is C9H4Cl3N3O2. The van der Waals surface area contributed by atoms with E-state index in [9.17, 15) is 4.79 Å². The van der Waals surface area contributed by atoms with Crippen molar-refractivity contribution in [1.29, 1.82) is 0 Å². The molecule has 8 heteroatoms. The maximum absolute atomic E-state index is 10.8. The standard InChI is InChI=1S/C9H4Cl3N3O2/c1-17-8-3(2-16)4(10)5-6(13-8)7(11)15-9(12)14-5/h8H,1H3. The molecule has 0 saturated heterocycles. The van der Waals surface area contributed by atoms with E-state index in [-0.39, 0.29) is 31.7 Å². The van der Waals surface area contributed by atoms with Gasteiger partial charge in [0, 0.05) is 7.11 Å². The van der Waals surface area contributed by atoms with E-state index < -0.39 is 6.23 Å². The van der Waals surface area contributed by atoms with Crippen LogP contribution in [-0.4, -0.2) is 29.2 Å². The van der Waals surface area contributed by atoms with Crippen LogP contribution in [0.3, 0.4) is 0 Å². The molecule has 2 rings (SSSR count). The van der Waals surface area contributed by atoms with Crippen molar-refractivity contribution in [2.45, 2.75) is 6.23 Å². The van der Waals surface area contributed by atoms with Crippen LogP contribution in [-0.2, 0) is 9.53 Å². The Hall–Kier alpha value is -0.970. The van der Waals surface area contributed by atoms with Gasteiger partial charge in [-0.05, 0) is 11.6 Å². The Bertz CT molecular complexity index is 652. The lowest BCUT2D eigenvalue weighted by Gasteiger charge is -2.14. The zero-order valence-corrected chi connectivity index (χ0v) is 10.6. The summed E-state index contributed by atoms with van der Waals surface area (Å²) in [4.78, 5) is 22.5. The second-order valence-corrected chi connectivity index (χ2v) is 4.10. The van der Waals surface area contributed by atoms with Gasteiger partial charge in [0.25, 0.3) is 0 Å². The molecule has 5 nitrogen and oxygen atoms in total. The van der Waals surface area contributed by atoms with Crippen LogP contribution in [0.2, 0.25) is 10.4 Å². The van der Waals surface area contributed by atoms with Crippen LogP contribution in [0.15, 0.2) is 10.6 Å². The van der Waals surface area contributed by atoms with Gasteiger partial charge in [-0.25, -0.2) is 19.8 Å². The SMILES string of the molecule is COC1N=c2c(Cl)nc(Cl)nc2=C(Cl)C1=C=O. The molecule has 0 aromatic carbocycles. The Balaban J connectivity index is 2.93. The lowest BCUT2D eigenvalue weighted by atomic mass is 10.2. The highest BCUT2D eigenvalue weighted by Crippen LogP contribution is 2.20. The second-order valence-electron chi connectivity index (χ2n) is 3.03. The van der Waals surface area contributed by atoms with Crippen molar-refractivity contribution in [2.24, 2.45) is 4.99 Å². The molecule has 1 unspecified atom stereocenters. The number of rotatable bonds is 1. The highest BCUT2D eigenvalue weighted by atomic mass is 35.5. The molecule has 1 aromatic heterocycles. The van der Waals surface area contributed by atoms with Gasteiger partial charge < -0.3 is 4.74 Å². The predicted octanol–water partition coefficient (Wildman–Crippen LogP) is 0.494. The fourth-order valence-corrected chi connectivity index (χ4v) is 2.05. The maximum Gasteiger partial charge on any atom is 0.224 e. The summed E-state index contributed by atoms with van der Waals surface area (Å²) in [7, 11) is 1.38. The van der Waals surface area contributed by atoms with E-state index in [1.165, 1.54) is 7.11 Å². The first-order valence-electron chi connectivity index (χ1n) is 4.33. The molecule has 0 radical (unpaired) electrons. The molecule has 1 aromatic rings. The van der Waals surface area contributed by atoms with Crippen molar-refractivity contribution in [3.05, 3.63) is 26.7 Å². The minimum absolute atomic E-state index is 0.0464. The van der Waals surface area contributed by atoms with Crippen molar-refractivity contribution in [3.63, 3.8) is 0 Å². The Morgan fingerprint density at radius 3 is 2.59 bits per heavy atom. The van der Waals surface area contributed by atoms with Gasteiger partial charge in [-0.3, -0.25) is 0 Å². The number of aromatic nitrogens is 2. The van der Waals surface area contributed by atoms with Crippen LogP contribution in [0.25, 0.3) is 5.03 Å². The van der Waals surface area contributed by atoms with Crippen LogP contribution in [0.4, 0.5) is 0 Å². The van der Waals surface area contributed by atoms with Crippen molar-refractivity contribution < 1.29 is 9.53 Å². The number of nitrogens with zero attached hydrogens (tertiary/aromatic N) is 3. The highest BCUT2D eigenvalue weighted by Gasteiger charge is 2.24. The Labute approximate surface area is 110 Å². The maximum atomic E-state index is 10.8. The zero-order chi connectivity index (χ0) is 12.6. The van der Waals surface area contributed by atoms with Crippen molar-refractivity contribution >= 4 is 45.8 Å². The topological polar surface area (TPSA) is 64.4 Å². The third kappa shape index (κ3) is 2.08. The monoisotopic (exact) mass is 291 g/mol. The van der Waals surface area contributed by atoms with Gasteiger partial charge in [-0.15, -0.1) is 0 Å². The molecule has 0 aliphatic carbocycles. The fourth-order valence-electron chi connectivity index (χ4n) is 1.35. The Kier molecular flexibility index (Phi) is 3.47. The number of ether oxygens (including phenoxy) is 1. The lowest BCUT2D eigenvalue weighted by molar-refractivity contribution is 0.139. The fraction of sp³-hybridized carbons (Fsp3) is 0.222. The number of fused-ring (bicyclic) bond motifs is 1. The van der Waals surface area contributed by atoms with E-state index in [1.807, 2.05) is 0 Å². The molecule has 1 aliphatic heterocycles. The van der Waals surface area contributed by atoms with Gasteiger partial charge in [0.2, 0.25) is 5.28 Å². The van der Waals surface area contributed by atoms with Crippen LogP contribution in [0.5, 0.6) is 0 Å². The summed E-state index contributed by atoms with van der Waals surface area (Å²) in [6.45, 7) is 0. The van der Waals surface area contributed by atoms with Gasteiger partial charge in [0.05, 0.1) is 5.03 Å². The molecule has 0 N–H and O–H groups in total. The largest absolute Gasteiger partial charge is 0.355 e. The summed E-state index contributed by atoms with van der Waals surface area (Å²) in [5.74, 6) is 1.67. The number of halogens is 3. The third-order valence-corrected chi connectivity index (χ3v) is 2.90. The molecule has 1 atom stereocenters. The van der Waals surface area contributed by atoms with Crippen LogP contribution < -0.4 is 10.7 Å². The quantitative estimate of drug-likeness (QED) is 0.429. The first-order chi connectivity index (χ1) is 8.08.